The van der Waals surface area contributed by atoms with E-state index in [0.717, 1.165) is 44.4 Å². The van der Waals surface area contributed by atoms with E-state index in [1.807, 2.05) is 112 Å². The predicted molar refractivity (Wildman–Crippen MR) is 158 cm³/mol. The van der Waals surface area contributed by atoms with Crippen LogP contribution in [0, 0.1) is 22.7 Å². The topological polar surface area (TPSA) is 74.5 Å². The molecule has 0 saturated heterocycles. The summed E-state index contributed by atoms with van der Waals surface area (Å²) in [5, 5.41) is 20.6. The molecule has 0 N–H and O–H groups in total. The summed E-state index contributed by atoms with van der Waals surface area (Å²) >= 11 is 0. The molecule has 190 valence electrons. The zero-order chi connectivity index (χ0) is 27.5. The van der Waals surface area contributed by atoms with Crippen molar-refractivity contribution in [1.82, 2.24) is 9.13 Å². The monoisotopic (exact) mass is 516 g/mol. The number of nitrogens with zero attached hydrogens (tertiary/aromatic N) is 4. The molecule has 5 heteroatoms. The van der Waals surface area contributed by atoms with Crippen LogP contribution in [-0.2, 0) is 13.1 Å². The van der Waals surface area contributed by atoms with Crippen molar-refractivity contribution in [3.8, 4) is 34.7 Å². The van der Waals surface area contributed by atoms with Crippen molar-refractivity contribution < 1.29 is 0 Å². The lowest BCUT2D eigenvalue weighted by molar-refractivity contribution is 0.689. The second-order valence-corrected chi connectivity index (χ2v) is 9.70. The van der Waals surface area contributed by atoms with Gasteiger partial charge in [-0.15, -0.1) is 0 Å². The molecule has 0 aliphatic heterocycles. The van der Waals surface area contributed by atoms with E-state index in [4.69, 9.17) is 0 Å². The molecule has 0 saturated carbocycles. The minimum absolute atomic E-state index is 0.118. The Labute approximate surface area is 232 Å². The normalized spacial score (nSPS) is 10.8. The van der Waals surface area contributed by atoms with Crippen molar-refractivity contribution >= 4 is 10.8 Å². The van der Waals surface area contributed by atoms with Gasteiger partial charge >= 0.3 is 5.69 Å². The molecule has 1 aromatic heterocycles. The molecule has 0 atom stereocenters. The fourth-order valence-electron chi connectivity index (χ4n) is 5.18. The number of benzene rings is 5. The van der Waals surface area contributed by atoms with E-state index in [2.05, 4.69) is 18.2 Å². The van der Waals surface area contributed by atoms with Crippen molar-refractivity contribution in [2.75, 3.05) is 0 Å². The maximum Gasteiger partial charge on any atom is 0.329 e. The number of hydrogen-bond acceptors (Lipinski definition) is 3. The van der Waals surface area contributed by atoms with Crippen molar-refractivity contribution in [2.24, 2.45) is 0 Å². The molecular weight excluding hydrogens is 492 g/mol. The Morgan fingerprint density at radius 1 is 0.525 bits per heavy atom. The number of aromatic nitrogens is 2. The Morgan fingerprint density at radius 2 is 1.02 bits per heavy atom. The van der Waals surface area contributed by atoms with Crippen LogP contribution >= 0.6 is 0 Å². The maximum absolute atomic E-state index is 14.3. The molecule has 40 heavy (non-hydrogen) atoms. The summed E-state index contributed by atoms with van der Waals surface area (Å²) in [5.41, 5.74) is 6.55. The molecule has 0 radical (unpaired) electrons. The van der Waals surface area contributed by atoms with Gasteiger partial charge in [-0.1, -0.05) is 91.0 Å². The van der Waals surface area contributed by atoms with E-state index in [1.165, 1.54) is 0 Å². The number of imidazole rings is 1. The van der Waals surface area contributed by atoms with Crippen molar-refractivity contribution in [1.29, 1.82) is 10.5 Å². The van der Waals surface area contributed by atoms with Gasteiger partial charge in [-0.2, -0.15) is 10.5 Å². The molecule has 0 aliphatic rings. The Balaban J connectivity index is 1.57. The minimum Gasteiger partial charge on any atom is -0.287 e. The summed E-state index contributed by atoms with van der Waals surface area (Å²) in [6.45, 7) is 0.737. The molecular formula is C35H24N4O. The zero-order valence-corrected chi connectivity index (χ0v) is 21.7. The largest absolute Gasteiger partial charge is 0.329 e. The molecule has 6 rings (SSSR count). The second-order valence-electron chi connectivity index (χ2n) is 9.70. The van der Waals surface area contributed by atoms with Gasteiger partial charge in [0, 0.05) is 11.1 Å². The zero-order valence-electron chi connectivity index (χ0n) is 21.7. The van der Waals surface area contributed by atoms with Gasteiger partial charge in [0.15, 0.2) is 0 Å². The second kappa shape index (κ2) is 10.6. The summed E-state index contributed by atoms with van der Waals surface area (Å²) in [5.74, 6) is 0. The SMILES string of the molecule is N#Cc1ccc(Cn2c(-c3ccccc3)c(-c3ccccc3)n(Cc3ccc4ccc(C#N)cc4c3)c2=O)cc1. The van der Waals surface area contributed by atoms with Gasteiger partial charge < -0.3 is 0 Å². The Bertz CT molecular complexity index is 1970. The average Bonchev–Trinajstić information content (AvgIpc) is 3.28. The quantitative estimate of drug-likeness (QED) is 0.240. The fraction of sp³-hybridized carbons (Fsp3) is 0.0571. The van der Waals surface area contributed by atoms with Gasteiger partial charge in [0.05, 0.1) is 47.7 Å². The van der Waals surface area contributed by atoms with E-state index in [1.54, 1.807) is 12.1 Å². The van der Waals surface area contributed by atoms with Crippen LogP contribution in [0.2, 0.25) is 0 Å². The fourth-order valence-corrected chi connectivity index (χ4v) is 5.18. The van der Waals surface area contributed by atoms with E-state index < -0.39 is 0 Å². The van der Waals surface area contributed by atoms with Crippen LogP contribution < -0.4 is 5.69 Å². The lowest BCUT2D eigenvalue weighted by atomic mass is 10.0. The summed E-state index contributed by atoms with van der Waals surface area (Å²) in [6.07, 6.45) is 0. The standard InChI is InChI=1S/C35H24N4O/c36-21-25-11-13-26(14-12-25)23-38-33(30-7-3-1-4-8-30)34(31-9-5-2-6-10-31)39(35(38)40)24-28-16-18-29-17-15-27(22-37)19-32(29)20-28/h1-20H,23-24H2. The molecule has 5 aromatic carbocycles. The molecule has 6 aromatic rings. The number of fused-ring (bicyclic) bond motifs is 1. The van der Waals surface area contributed by atoms with Gasteiger partial charge in [-0.05, 0) is 52.2 Å². The lowest BCUT2D eigenvalue weighted by Gasteiger charge is -2.12. The van der Waals surface area contributed by atoms with Gasteiger partial charge in [0.2, 0.25) is 0 Å². The highest BCUT2D eigenvalue weighted by atomic mass is 16.1. The van der Waals surface area contributed by atoms with Gasteiger partial charge in [0.25, 0.3) is 0 Å². The van der Waals surface area contributed by atoms with Gasteiger partial charge in [-0.3, -0.25) is 9.13 Å². The number of hydrogen-bond donors (Lipinski definition) is 0. The van der Waals surface area contributed by atoms with Crippen LogP contribution in [0.4, 0.5) is 0 Å². The smallest absolute Gasteiger partial charge is 0.287 e. The summed E-state index contributed by atoms with van der Waals surface area (Å²) in [6, 6.07) is 43.5. The van der Waals surface area contributed by atoms with E-state index in [0.29, 0.717) is 24.2 Å². The van der Waals surface area contributed by atoms with E-state index in [-0.39, 0.29) is 5.69 Å². The molecule has 0 aliphatic carbocycles. The van der Waals surface area contributed by atoms with Crippen molar-refractivity contribution in [3.05, 3.63) is 154 Å². The highest BCUT2D eigenvalue weighted by Crippen LogP contribution is 2.33. The molecule has 0 fully saturated rings. The minimum atomic E-state index is -0.118. The predicted octanol–water partition coefficient (Wildman–Crippen LogP) is 6.98. The third-order valence-electron chi connectivity index (χ3n) is 7.12. The molecule has 0 bridgehead atoms. The molecule has 5 nitrogen and oxygen atoms in total. The summed E-state index contributed by atoms with van der Waals surface area (Å²) in [4.78, 5) is 14.3. The van der Waals surface area contributed by atoms with Crippen LogP contribution in [0.5, 0.6) is 0 Å². The van der Waals surface area contributed by atoms with Crippen LogP contribution in [0.25, 0.3) is 33.3 Å². The number of rotatable bonds is 6. The Morgan fingerprint density at radius 3 is 1.60 bits per heavy atom. The van der Waals surface area contributed by atoms with E-state index in [9.17, 15) is 15.3 Å². The molecule has 0 spiro atoms. The number of nitriles is 2. The Kier molecular flexibility index (Phi) is 6.55. The highest BCUT2D eigenvalue weighted by Gasteiger charge is 2.23. The van der Waals surface area contributed by atoms with Gasteiger partial charge in [-0.25, -0.2) is 4.79 Å². The van der Waals surface area contributed by atoms with Crippen molar-refractivity contribution in [3.63, 3.8) is 0 Å². The Hall–Kier alpha value is -5.65. The maximum atomic E-state index is 14.3. The third kappa shape index (κ3) is 4.69. The van der Waals surface area contributed by atoms with Crippen LogP contribution in [0.3, 0.4) is 0 Å². The first-order chi connectivity index (χ1) is 19.6. The van der Waals surface area contributed by atoms with E-state index >= 15 is 0 Å². The van der Waals surface area contributed by atoms with Crippen LogP contribution in [0.1, 0.15) is 22.3 Å². The summed E-state index contributed by atoms with van der Waals surface area (Å²) in [7, 11) is 0. The first kappa shape index (κ1) is 24.7. The summed E-state index contributed by atoms with van der Waals surface area (Å²) < 4.78 is 3.67. The highest BCUT2D eigenvalue weighted by molar-refractivity contribution is 5.84. The van der Waals surface area contributed by atoms with Crippen molar-refractivity contribution in [2.45, 2.75) is 13.1 Å². The lowest BCUT2D eigenvalue weighted by Crippen LogP contribution is -2.26. The van der Waals surface area contributed by atoms with Crippen LogP contribution in [-0.4, -0.2) is 9.13 Å². The van der Waals surface area contributed by atoms with Crippen LogP contribution in [0.15, 0.2) is 126 Å². The molecule has 1 heterocycles. The first-order valence-corrected chi connectivity index (χ1v) is 13.0. The third-order valence-corrected chi connectivity index (χ3v) is 7.12. The van der Waals surface area contributed by atoms with Gasteiger partial charge in [0.1, 0.15) is 0 Å². The first-order valence-electron chi connectivity index (χ1n) is 13.0. The average molecular weight is 517 g/mol. The molecule has 0 amide bonds. The molecule has 0 unspecified atom stereocenters.